The number of anilines is 1. The Bertz CT molecular complexity index is 671. The predicted octanol–water partition coefficient (Wildman–Crippen LogP) is 0.969. The van der Waals surface area contributed by atoms with Gasteiger partial charge in [0.25, 0.3) is 0 Å². The number of carbonyl (C=O) groups is 1. The number of amides is 1. The highest BCUT2D eigenvalue weighted by Crippen LogP contribution is 2.25. The Morgan fingerprint density at radius 3 is 2.68 bits per heavy atom. The van der Waals surface area contributed by atoms with E-state index in [1.165, 1.54) is 0 Å². The summed E-state index contributed by atoms with van der Waals surface area (Å²) in [7, 11) is 0. The Hall–Kier alpha value is -1.000. The van der Waals surface area contributed by atoms with Gasteiger partial charge in [-0.2, -0.15) is 0 Å². The number of benzene rings is 1. The average molecular weight is 404 g/mol. The number of ether oxygens (including phenoxy) is 1. The summed E-state index contributed by atoms with van der Waals surface area (Å²) in [5.74, 6) is -0.915. The Morgan fingerprint density at radius 2 is 2.04 bits per heavy atom. The monoisotopic (exact) mass is 403 g/mol. The number of hydrogen-bond acceptors (Lipinski definition) is 6. The van der Waals surface area contributed by atoms with Gasteiger partial charge < -0.3 is 21.1 Å². The van der Waals surface area contributed by atoms with Crippen LogP contribution < -0.4 is 21.7 Å². The van der Waals surface area contributed by atoms with Crippen molar-refractivity contribution in [2.45, 2.75) is 12.5 Å². The molecule has 10 heteroatoms. The second-order valence-electron chi connectivity index (χ2n) is 5.85. The van der Waals surface area contributed by atoms with Crippen LogP contribution in [0, 0.1) is 5.92 Å². The molecule has 1 aromatic rings. The molecule has 25 heavy (non-hydrogen) atoms. The maximum absolute atomic E-state index is 12.5. The van der Waals surface area contributed by atoms with Crippen LogP contribution in [0.1, 0.15) is 0 Å². The molecule has 0 spiro atoms. The lowest BCUT2D eigenvalue weighted by molar-refractivity contribution is -0.130. The molecule has 136 valence electrons. The third-order valence-electron chi connectivity index (χ3n) is 4.15. The number of halogens is 2. The van der Waals surface area contributed by atoms with Crippen LogP contribution in [-0.4, -0.2) is 54.6 Å². The van der Waals surface area contributed by atoms with Crippen molar-refractivity contribution in [3.8, 4) is 0 Å². The van der Waals surface area contributed by atoms with Gasteiger partial charge in [-0.1, -0.05) is 35.4 Å². The van der Waals surface area contributed by atoms with Crippen LogP contribution in [0.3, 0.4) is 0 Å². The first kappa shape index (κ1) is 18.8. The zero-order valence-corrected chi connectivity index (χ0v) is 15.6. The lowest BCUT2D eigenvalue weighted by Crippen LogP contribution is -2.71. The Labute approximate surface area is 161 Å². The molecule has 5 N–H and O–H groups in total. The summed E-state index contributed by atoms with van der Waals surface area (Å²) in [6, 6.07) is 5.03. The zero-order valence-electron chi connectivity index (χ0n) is 13.3. The molecule has 3 atom stereocenters. The molecular formula is C15H19Cl2N5O2S. The van der Waals surface area contributed by atoms with E-state index in [0.29, 0.717) is 33.9 Å². The zero-order chi connectivity index (χ0) is 18.0. The summed E-state index contributed by atoms with van der Waals surface area (Å²) < 4.78 is 5.32. The van der Waals surface area contributed by atoms with E-state index in [1.807, 2.05) is 0 Å². The number of hydrogen-bond donors (Lipinski definition) is 4. The summed E-state index contributed by atoms with van der Waals surface area (Å²) in [6.07, 6.45) is -0.931. The van der Waals surface area contributed by atoms with E-state index in [-0.39, 0.29) is 12.2 Å². The Balaban J connectivity index is 1.64. The standard InChI is InChI=1S/C15H19Cl2N5O2S/c16-9-2-1-8(7-10(9)17)19-14(25)11-12(18)20-15(21-13(11)23)22-3-5-24-6-4-22/h1-2,7,11-12,15,20H,3-6,18H2,(H,19,25)(H,21,23). The fourth-order valence-electron chi connectivity index (χ4n) is 2.82. The molecule has 0 aromatic heterocycles. The van der Waals surface area contributed by atoms with E-state index in [1.54, 1.807) is 18.2 Å². The largest absolute Gasteiger partial charge is 0.379 e. The molecule has 0 saturated carbocycles. The van der Waals surface area contributed by atoms with Gasteiger partial charge in [0.05, 0.1) is 34.4 Å². The van der Waals surface area contributed by atoms with Crippen molar-refractivity contribution in [1.29, 1.82) is 0 Å². The van der Waals surface area contributed by atoms with Crippen molar-refractivity contribution in [3.05, 3.63) is 28.2 Å². The number of morpholine rings is 1. The van der Waals surface area contributed by atoms with Gasteiger partial charge in [-0.3, -0.25) is 15.0 Å². The predicted molar refractivity (Wildman–Crippen MR) is 102 cm³/mol. The fourth-order valence-corrected chi connectivity index (χ4v) is 3.49. The number of nitrogens with two attached hydrogens (primary N) is 1. The number of carbonyl (C=O) groups excluding carboxylic acids is 1. The molecule has 2 saturated heterocycles. The van der Waals surface area contributed by atoms with Crippen LogP contribution in [0.25, 0.3) is 0 Å². The minimum atomic E-state index is -0.693. The number of rotatable bonds is 3. The highest BCUT2D eigenvalue weighted by atomic mass is 35.5. The normalized spacial score (nSPS) is 27.6. The van der Waals surface area contributed by atoms with E-state index in [0.717, 1.165) is 13.1 Å². The van der Waals surface area contributed by atoms with Crippen molar-refractivity contribution < 1.29 is 9.53 Å². The van der Waals surface area contributed by atoms with E-state index in [9.17, 15) is 4.79 Å². The summed E-state index contributed by atoms with van der Waals surface area (Å²) in [4.78, 5) is 14.9. The van der Waals surface area contributed by atoms with Gasteiger partial charge in [-0.25, -0.2) is 0 Å². The first-order valence-electron chi connectivity index (χ1n) is 7.85. The molecule has 2 aliphatic heterocycles. The van der Waals surface area contributed by atoms with Crippen molar-refractivity contribution in [2.75, 3.05) is 31.6 Å². The van der Waals surface area contributed by atoms with Gasteiger partial charge in [-0.15, -0.1) is 0 Å². The number of nitrogens with zero attached hydrogens (tertiary/aromatic N) is 1. The molecule has 2 fully saturated rings. The van der Waals surface area contributed by atoms with Gasteiger partial charge in [0.2, 0.25) is 5.91 Å². The SMILES string of the molecule is NC1NC(N2CCOCC2)NC(=O)C1C(=S)Nc1ccc(Cl)c(Cl)c1. The van der Waals surface area contributed by atoms with E-state index < -0.39 is 12.1 Å². The average Bonchev–Trinajstić information content (AvgIpc) is 2.58. The molecule has 3 unspecified atom stereocenters. The fraction of sp³-hybridized carbons (Fsp3) is 0.467. The topological polar surface area (TPSA) is 91.7 Å². The smallest absolute Gasteiger partial charge is 0.235 e. The minimum absolute atomic E-state index is 0.222. The molecule has 0 aliphatic carbocycles. The quantitative estimate of drug-likeness (QED) is 0.558. The van der Waals surface area contributed by atoms with Crippen molar-refractivity contribution >= 4 is 52.0 Å². The third-order valence-corrected chi connectivity index (χ3v) is 5.25. The van der Waals surface area contributed by atoms with Gasteiger partial charge in [0.1, 0.15) is 12.2 Å². The highest BCUT2D eigenvalue weighted by molar-refractivity contribution is 7.80. The lowest BCUT2D eigenvalue weighted by Gasteiger charge is -2.42. The molecule has 0 radical (unpaired) electrons. The molecule has 1 aromatic carbocycles. The van der Waals surface area contributed by atoms with Gasteiger partial charge in [0.15, 0.2) is 0 Å². The van der Waals surface area contributed by atoms with Crippen molar-refractivity contribution in [1.82, 2.24) is 15.5 Å². The third kappa shape index (κ3) is 4.40. The summed E-state index contributed by atoms with van der Waals surface area (Å²) >= 11 is 17.3. The first-order chi connectivity index (χ1) is 12.0. The maximum Gasteiger partial charge on any atom is 0.235 e. The maximum atomic E-state index is 12.5. The summed E-state index contributed by atoms with van der Waals surface area (Å²) in [5, 5.41) is 9.97. The second kappa shape index (κ2) is 8.13. The first-order valence-corrected chi connectivity index (χ1v) is 9.02. The summed E-state index contributed by atoms with van der Waals surface area (Å²) in [6.45, 7) is 2.70. The Kier molecular flexibility index (Phi) is 6.11. The van der Waals surface area contributed by atoms with Crippen LogP contribution in [0.4, 0.5) is 5.69 Å². The van der Waals surface area contributed by atoms with Crippen molar-refractivity contribution in [3.63, 3.8) is 0 Å². The highest BCUT2D eigenvalue weighted by Gasteiger charge is 2.39. The van der Waals surface area contributed by atoms with Crippen molar-refractivity contribution in [2.24, 2.45) is 11.7 Å². The van der Waals surface area contributed by atoms with Crippen LogP contribution in [-0.2, 0) is 9.53 Å². The minimum Gasteiger partial charge on any atom is -0.379 e. The van der Waals surface area contributed by atoms with Gasteiger partial charge >= 0.3 is 0 Å². The second-order valence-corrected chi connectivity index (χ2v) is 7.10. The molecule has 7 nitrogen and oxygen atoms in total. The molecule has 3 rings (SSSR count). The lowest BCUT2D eigenvalue weighted by atomic mass is 10.0. The van der Waals surface area contributed by atoms with E-state index >= 15 is 0 Å². The van der Waals surface area contributed by atoms with Crippen LogP contribution in [0.5, 0.6) is 0 Å². The van der Waals surface area contributed by atoms with Gasteiger partial charge in [-0.05, 0) is 18.2 Å². The summed E-state index contributed by atoms with van der Waals surface area (Å²) in [5.41, 5.74) is 6.82. The number of thiocarbonyl (C=S) groups is 1. The van der Waals surface area contributed by atoms with E-state index in [2.05, 4.69) is 20.9 Å². The van der Waals surface area contributed by atoms with Gasteiger partial charge in [0, 0.05) is 18.8 Å². The van der Waals surface area contributed by atoms with E-state index in [4.69, 9.17) is 45.9 Å². The van der Waals surface area contributed by atoms with Crippen LogP contribution in [0.2, 0.25) is 10.0 Å². The Morgan fingerprint density at radius 1 is 1.32 bits per heavy atom. The van der Waals surface area contributed by atoms with Crippen LogP contribution in [0.15, 0.2) is 18.2 Å². The molecular weight excluding hydrogens is 385 g/mol. The molecule has 2 aliphatic rings. The van der Waals surface area contributed by atoms with Crippen LogP contribution >= 0.6 is 35.4 Å². The molecule has 0 bridgehead atoms. The molecule has 1 amide bonds. The molecule has 2 heterocycles. The number of nitrogens with one attached hydrogen (secondary N) is 3.